The molecule has 5 nitrogen and oxygen atoms in total. The van der Waals surface area contributed by atoms with E-state index < -0.39 is 0 Å². The third kappa shape index (κ3) is 2.42. The number of piperidine rings is 1. The van der Waals surface area contributed by atoms with Gasteiger partial charge >= 0.3 is 0 Å². The predicted molar refractivity (Wildman–Crippen MR) is 104 cm³/mol. The van der Waals surface area contributed by atoms with Gasteiger partial charge in [-0.15, -0.1) is 0 Å². The number of aromatic nitrogens is 2. The van der Waals surface area contributed by atoms with Gasteiger partial charge in [0.1, 0.15) is 0 Å². The molecular weight excluding hydrogens is 324 g/mol. The van der Waals surface area contributed by atoms with Gasteiger partial charge < -0.3 is 10.6 Å². The molecule has 0 radical (unpaired) electrons. The smallest absolute Gasteiger partial charge is 0.272 e. The minimum Gasteiger partial charge on any atom is -0.380 e. The fourth-order valence-corrected chi connectivity index (χ4v) is 4.64. The molecule has 1 saturated heterocycles. The summed E-state index contributed by atoms with van der Waals surface area (Å²) in [4.78, 5) is 12.3. The Bertz CT molecular complexity index is 992. The molecule has 132 valence electrons. The molecule has 1 aromatic heterocycles. The van der Waals surface area contributed by atoms with E-state index in [0.29, 0.717) is 11.3 Å². The summed E-state index contributed by atoms with van der Waals surface area (Å²) in [5, 5.41) is 16.2. The lowest BCUT2D eigenvalue weighted by molar-refractivity contribution is 0.312. The molecule has 26 heavy (non-hydrogen) atoms. The van der Waals surface area contributed by atoms with Crippen LogP contribution in [0.15, 0.2) is 53.3 Å². The van der Waals surface area contributed by atoms with E-state index in [-0.39, 0.29) is 17.5 Å². The molecule has 2 unspecified atom stereocenters. The van der Waals surface area contributed by atoms with Crippen molar-refractivity contribution in [2.75, 3.05) is 18.4 Å². The van der Waals surface area contributed by atoms with Gasteiger partial charge in [0.2, 0.25) is 0 Å². The summed E-state index contributed by atoms with van der Waals surface area (Å²) in [5.74, 6) is 0.701. The first-order valence-corrected chi connectivity index (χ1v) is 9.36. The fraction of sp³-hybridized carbons (Fsp3) is 0.333. The molecule has 0 aliphatic carbocycles. The minimum atomic E-state index is -0.125. The number of rotatable bonds is 2. The van der Waals surface area contributed by atoms with Crippen LogP contribution in [0.4, 0.5) is 5.69 Å². The quantitative estimate of drug-likeness (QED) is 0.667. The lowest BCUT2D eigenvalue weighted by atomic mass is 9.75. The maximum atomic E-state index is 12.3. The Morgan fingerprint density at radius 1 is 0.962 bits per heavy atom. The van der Waals surface area contributed by atoms with Gasteiger partial charge in [-0.05, 0) is 49.5 Å². The summed E-state index contributed by atoms with van der Waals surface area (Å²) in [7, 11) is 0. The molecule has 2 aliphatic rings. The first kappa shape index (κ1) is 15.6. The zero-order chi connectivity index (χ0) is 17.5. The molecule has 5 rings (SSSR count). The second kappa shape index (κ2) is 6.25. The van der Waals surface area contributed by atoms with Crippen LogP contribution < -0.4 is 16.2 Å². The molecule has 3 N–H and O–H groups in total. The number of hydrogen-bond donors (Lipinski definition) is 3. The van der Waals surface area contributed by atoms with Gasteiger partial charge in [-0.1, -0.05) is 36.4 Å². The van der Waals surface area contributed by atoms with Crippen molar-refractivity contribution in [1.29, 1.82) is 0 Å². The molecule has 0 bridgehead atoms. The SMILES string of the molecule is O=c1[nH]nc2c3c(cccc13)NC(C1CCNCC1)C2c1ccccc1. The van der Waals surface area contributed by atoms with Crippen molar-refractivity contribution in [2.24, 2.45) is 5.92 Å². The minimum absolute atomic E-state index is 0.125. The Morgan fingerprint density at radius 2 is 1.77 bits per heavy atom. The number of aromatic amines is 1. The summed E-state index contributed by atoms with van der Waals surface area (Å²) in [6.45, 7) is 2.11. The van der Waals surface area contributed by atoms with Crippen molar-refractivity contribution in [2.45, 2.75) is 24.8 Å². The Labute approximate surface area is 151 Å². The first-order chi connectivity index (χ1) is 12.8. The third-order valence-electron chi connectivity index (χ3n) is 5.87. The summed E-state index contributed by atoms with van der Waals surface area (Å²) < 4.78 is 0. The molecule has 0 saturated carbocycles. The Hall–Kier alpha value is -2.66. The molecule has 1 fully saturated rings. The summed E-state index contributed by atoms with van der Waals surface area (Å²) >= 11 is 0. The molecule has 0 amide bonds. The molecule has 3 aromatic rings. The highest BCUT2D eigenvalue weighted by molar-refractivity contribution is 5.97. The number of nitrogens with one attached hydrogen (secondary N) is 3. The van der Waals surface area contributed by atoms with Gasteiger partial charge in [-0.25, -0.2) is 5.10 Å². The molecule has 3 heterocycles. The lowest BCUT2D eigenvalue weighted by Gasteiger charge is -2.40. The maximum absolute atomic E-state index is 12.3. The Kier molecular flexibility index (Phi) is 3.75. The highest BCUT2D eigenvalue weighted by Crippen LogP contribution is 2.43. The van der Waals surface area contributed by atoms with Crippen LogP contribution in [-0.2, 0) is 0 Å². The average Bonchev–Trinajstić information content (AvgIpc) is 2.71. The van der Waals surface area contributed by atoms with E-state index >= 15 is 0 Å². The van der Waals surface area contributed by atoms with E-state index in [4.69, 9.17) is 0 Å². The van der Waals surface area contributed by atoms with Crippen molar-refractivity contribution < 1.29 is 0 Å². The van der Waals surface area contributed by atoms with Crippen molar-refractivity contribution in [1.82, 2.24) is 15.5 Å². The van der Waals surface area contributed by atoms with Crippen LogP contribution in [0.5, 0.6) is 0 Å². The van der Waals surface area contributed by atoms with Crippen LogP contribution in [-0.4, -0.2) is 29.3 Å². The molecule has 5 heteroatoms. The van der Waals surface area contributed by atoms with E-state index in [0.717, 1.165) is 42.7 Å². The van der Waals surface area contributed by atoms with E-state index in [1.165, 1.54) is 5.56 Å². The van der Waals surface area contributed by atoms with Crippen molar-refractivity contribution in [3.8, 4) is 0 Å². The van der Waals surface area contributed by atoms with Gasteiger partial charge in [-0.2, -0.15) is 5.10 Å². The van der Waals surface area contributed by atoms with Crippen molar-refractivity contribution >= 4 is 16.5 Å². The molecular formula is C21H22N4O. The predicted octanol–water partition coefficient (Wildman–Crippen LogP) is 2.85. The molecule has 0 spiro atoms. The summed E-state index contributed by atoms with van der Waals surface area (Å²) in [6, 6.07) is 16.7. The normalized spacial score (nSPS) is 22.9. The second-order valence-electron chi connectivity index (χ2n) is 7.31. The first-order valence-electron chi connectivity index (χ1n) is 9.36. The van der Waals surface area contributed by atoms with E-state index in [9.17, 15) is 4.79 Å². The van der Waals surface area contributed by atoms with Crippen LogP contribution in [0, 0.1) is 5.92 Å². The fourth-order valence-electron chi connectivity index (χ4n) is 4.64. The van der Waals surface area contributed by atoms with Crippen LogP contribution >= 0.6 is 0 Å². The standard InChI is InChI=1S/C21H22N4O/c26-21-15-7-4-8-16-18(15)20(24-25-21)17(13-5-2-1-3-6-13)19(23-16)14-9-11-22-12-10-14/h1-8,14,17,19,22-23H,9-12H2,(H,25,26). The zero-order valence-electron chi connectivity index (χ0n) is 14.5. The molecule has 2 aromatic carbocycles. The number of hydrogen-bond acceptors (Lipinski definition) is 4. The summed E-state index contributed by atoms with van der Waals surface area (Å²) in [5.41, 5.74) is 3.15. The van der Waals surface area contributed by atoms with Crippen LogP contribution in [0.1, 0.15) is 30.0 Å². The highest BCUT2D eigenvalue weighted by atomic mass is 16.1. The van der Waals surface area contributed by atoms with Crippen molar-refractivity contribution in [3.05, 3.63) is 70.1 Å². The number of H-pyrrole nitrogens is 1. The number of anilines is 1. The third-order valence-corrected chi connectivity index (χ3v) is 5.87. The Balaban J connectivity index is 1.73. The Morgan fingerprint density at radius 3 is 2.58 bits per heavy atom. The average molecular weight is 346 g/mol. The monoisotopic (exact) mass is 346 g/mol. The van der Waals surface area contributed by atoms with E-state index in [2.05, 4.69) is 51.2 Å². The van der Waals surface area contributed by atoms with Gasteiger partial charge in [0, 0.05) is 23.0 Å². The largest absolute Gasteiger partial charge is 0.380 e. The van der Waals surface area contributed by atoms with Crippen LogP contribution in [0.3, 0.4) is 0 Å². The van der Waals surface area contributed by atoms with E-state index in [1.807, 2.05) is 18.2 Å². The molecule has 2 atom stereocenters. The summed E-state index contributed by atoms with van der Waals surface area (Å²) in [6.07, 6.45) is 2.30. The highest BCUT2D eigenvalue weighted by Gasteiger charge is 2.38. The molecule has 2 aliphatic heterocycles. The number of benzene rings is 2. The van der Waals surface area contributed by atoms with Gasteiger partial charge in [0.15, 0.2) is 0 Å². The topological polar surface area (TPSA) is 69.8 Å². The lowest BCUT2D eigenvalue weighted by Crippen LogP contribution is -2.43. The van der Waals surface area contributed by atoms with Crippen LogP contribution in [0.2, 0.25) is 0 Å². The van der Waals surface area contributed by atoms with E-state index in [1.54, 1.807) is 0 Å². The van der Waals surface area contributed by atoms with Gasteiger partial charge in [0.25, 0.3) is 5.56 Å². The van der Waals surface area contributed by atoms with Gasteiger partial charge in [0.05, 0.1) is 11.1 Å². The van der Waals surface area contributed by atoms with Crippen LogP contribution in [0.25, 0.3) is 10.8 Å². The number of nitrogens with zero attached hydrogens (tertiary/aromatic N) is 1. The van der Waals surface area contributed by atoms with Crippen molar-refractivity contribution in [3.63, 3.8) is 0 Å². The second-order valence-corrected chi connectivity index (χ2v) is 7.31. The zero-order valence-corrected chi connectivity index (χ0v) is 14.5. The maximum Gasteiger partial charge on any atom is 0.272 e. The van der Waals surface area contributed by atoms with Gasteiger partial charge in [-0.3, -0.25) is 4.79 Å².